The van der Waals surface area contributed by atoms with Gasteiger partial charge in [-0.05, 0) is 0 Å². The van der Waals surface area contributed by atoms with Crippen LogP contribution in [-0.2, 0) is 9.53 Å². The Morgan fingerprint density at radius 2 is 2.64 bits per heavy atom. The van der Waals surface area contributed by atoms with Crippen LogP contribution in [0.4, 0.5) is 0 Å². The summed E-state index contributed by atoms with van der Waals surface area (Å²) in [6.07, 6.45) is 5.74. The van der Waals surface area contributed by atoms with E-state index in [0.717, 1.165) is 10.3 Å². The zero-order valence-electron chi connectivity index (χ0n) is 8.19. The van der Waals surface area contributed by atoms with Crippen LogP contribution < -0.4 is 0 Å². The fourth-order valence-corrected chi connectivity index (χ4v) is 8.08. The summed E-state index contributed by atoms with van der Waals surface area (Å²) in [6.45, 7) is 5.31. The van der Waals surface area contributed by atoms with Gasteiger partial charge in [0.15, 0.2) is 0 Å². The van der Waals surface area contributed by atoms with Crippen LogP contribution in [0, 0.1) is 9.09 Å². The van der Waals surface area contributed by atoms with Gasteiger partial charge >= 0.3 is 91.7 Å². The van der Waals surface area contributed by atoms with E-state index in [1.54, 1.807) is 0 Å². The van der Waals surface area contributed by atoms with Gasteiger partial charge in [0.05, 0.1) is 0 Å². The zero-order valence-corrected chi connectivity index (χ0v) is 11.5. The van der Waals surface area contributed by atoms with E-state index in [2.05, 4.69) is 10.4 Å². The summed E-state index contributed by atoms with van der Waals surface area (Å²) in [6, 6.07) is 0. The molecule has 1 atom stereocenters. The van der Waals surface area contributed by atoms with Gasteiger partial charge in [-0.2, -0.15) is 0 Å². The number of carbonyl (C=O) groups is 1. The normalized spacial score (nSPS) is 24.4. The molecule has 0 aromatic carbocycles. The molecule has 1 heterocycles. The van der Waals surface area contributed by atoms with Crippen LogP contribution in [0.2, 0.25) is 4.18 Å². The number of nitriles is 1. The minimum atomic E-state index is -2.40. The first-order valence-corrected chi connectivity index (χ1v) is 10.2. The molecule has 0 radical (unpaired) electrons. The van der Waals surface area contributed by atoms with Gasteiger partial charge in [-0.1, -0.05) is 0 Å². The maximum atomic E-state index is 11.1. The van der Waals surface area contributed by atoms with Crippen molar-refractivity contribution >= 4 is 27.4 Å². The summed E-state index contributed by atoms with van der Waals surface area (Å²) in [5.74, 6) is -0.421. The SMILES string of the molecule is C=CC(=O)O[C]1(CC)C=C[CH2][In]1[C]#N. The Kier molecular flexibility index (Phi) is 3.82. The van der Waals surface area contributed by atoms with Crippen LogP contribution in [0.1, 0.15) is 13.3 Å². The van der Waals surface area contributed by atoms with Crippen molar-refractivity contribution in [2.75, 3.05) is 0 Å². The van der Waals surface area contributed by atoms with Crippen LogP contribution in [0.15, 0.2) is 24.8 Å². The van der Waals surface area contributed by atoms with E-state index in [4.69, 9.17) is 10.00 Å². The van der Waals surface area contributed by atoms with Gasteiger partial charge in [-0.15, -0.1) is 0 Å². The van der Waals surface area contributed by atoms with E-state index in [1.165, 1.54) is 0 Å². The first kappa shape index (κ1) is 11.4. The fourth-order valence-electron chi connectivity index (χ4n) is 1.65. The van der Waals surface area contributed by atoms with Crippen molar-refractivity contribution in [2.24, 2.45) is 0 Å². The van der Waals surface area contributed by atoms with Crippen LogP contribution >= 0.6 is 0 Å². The molecule has 1 aliphatic rings. The van der Waals surface area contributed by atoms with E-state index in [1.807, 2.05) is 19.1 Å². The Hall–Kier alpha value is -0.690. The molecule has 3 nitrogen and oxygen atoms in total. The van der Waals surface area contributed by atoms with Crippen LogP contribution in [0.5, 0.6) is 0 Å². The third-order valence-electron chi connectivity index (χ3n) is 2.53. The Labute approximate surface area is 91.6 Å². The second-order valence-corrected chi connectivity index (χ2v) is 11.3. The summed E-state index contributed by atoms with van der Waals surface area (Å²) in [5, 5.41) is 9.00. The van der Waals surface area contributed by atoms with E-state index in [9.17, 15) is 4.79 Å². The number of rotatable bonds is 3. The number of carbonyl (C=O) groups excluding carboxylic acids is 1. The first-order valence-electron chi connectivity index (χ1n) is 4.61. The van der Waals surface area contributed by atoms with E-state index < -0.39 is 30.8 Å². The van der Waals surface area contributed by atoms with Gasteiger partial charge in [0.2, 0.25) is 0 Å². The average molecular weight is 293 g/mol. The molecular formula is C10H12InNO2. The molecule has 0 bridgehead atoms. The van der Waals surface area contributed by atoms with Crippen LogP contribution in [0.25, 0.3) is 0 Å². The first-order chi connectivity index (χ1) is 6.68. The number of nitrogens with zero attached hydrogens (tertiary/aromatic N) is 1. The van der Waals surface area contributed by atoms with E-state index >= 15 is 0 Å². The average Bonchev–Trinajstić information content (AvgIpc) is 2.61. The molecule has 0 saturated heterocycles. The van der Waals surface area contributed by atoms with Gasteiger partial charge in [0.25, 0.3) is 0 Å². The topological polar surface area (TPSA) is 50.1 Å². The van der Waals surface area contributed by atoms with E-state index in [-0.39, 0.29) is 0 Å². The van der Waals surface area contributed by atoms with Crippen molar-refractivity contribution in [3.63, 3.8) is 0 Å². The van der Waals surface area contributed by atoms with E-state index in [0.29, 0.717) is 6.42 Å². The zero-order chi connectivity index (χ0) is 10.6. The molecule has 1 unspecified atom stereocenters. The van der Waals surface area contributed by atoms with Crippen molar-refractivity contribution in [2.45, 2.75) is 20.9 Å². The van der Waals surface area contributed by atoms with Gasteiger partial charge in [-0.25, -0.2) is 0 Å². The molecule has 1 aliphatic heterocycles. The van der Waals surface area contributed by atoms with Gasteiger partial charge < -0.3 is 0 Å². The maximum absolute atomic E-state index is 11.1. The second-order valence-electron chi connectivity index (χ2n) is 3.25. The van der Waals surface area contributed by atoms with Gasteiger partial charge in [0.1, 0.15) is 0 Å². The second kappa shape index (κ2) is 4.70. The summed E-state index contributed by atoms with van der Waals surface area (Å²) < 4.78 is 8.03. The monoisotopic (exact) mass is 293 g/mol. The number of allylic oxidation sites excluding steroid dienone is 1. The number of ether oxygens (including phenoxy) is 1. The number of esters is 1. The summed E-state index contributed by atoms with van der Waals surface area (Å²) in [5.41, 5.74) is 0. The molecule has 1 rings (SSSR count). The third kappa shape index (κ3) is 2.03. The summed E-state index contributed by atoms with van der Waals surface area (Å²) in [7, 11) is 0. The number of hydrogen-bond donors (Lipinski definition) is 0. The Balaban J connectivity index is 2.86. The van der Waals surface area contributed by atoms with Crippen molar-refractivity contribution in [1.82, 2.24) is 0 Å². The molecule has 4 heteroatoms. The molecule has 0 aromatic heterocycles. The molecule has 0 N–H and O–H groups in total. The van der Waals surface area contributed by atoms with Crippen molar-refractivity contribution in [3.8, 4) is 3.83 Å². The molecule has 0 saturated carbocycles. The summed E-state index contributed by atoms with van der Waals surface area (Å²) in [4.78, 5) is 11.1. The minimum absolute atomic E-state index is 0.421. The fraction of sp³-hybridized carbons (Fsp3) is 0.400. The standard InChI is InChI=1S/C9H12O2.CN.In/c1-4-7-8(5-2)11-9(10)6-3;1-2;/h4,6-7H,1,3,5H2,2H3;;. The van der Waals surface area contributed by atoms with Crippen molar-refractivity contribution in [1.29, 1.82) is 5.26 Å². The molecule has 72 valence electrons. The molecule has 0 aliphatic carbocycles. The molecule has 0 aromatic rings. The third-order valence-corrected chi connectivity index (χ3v) is 11.0. The molecular weight excluding hydrogens is 281 g/mol. The van der Waals surface area contributed by atoms with Crippen LogP contribution in [0.3, 0.4) is 0 Å². The predicted octanol–water partition coefficient (Wildman–Crippen LogP) is 1.53. The van der Waals surface area contributed by atoms with Crippen molar-refractivity contribution < 1.29 is 9.53 Å². The Bertz CT molecular complexity index is 319. The number of hydrogen-bond acceptors (Lipinski definition) is 3. The van der Waals surface area contributed by atoms with Gasteiger partial charge in [-0.3, -0.25) is 0 Å². The van der Waals surface area contributed by atoms with Crippen LogP contribution in [-0.4, -0.2) is 30.8 Å². The summed E-state index contributed by atoms with van der Waals surface area (Å²) >= 11 is -2.40. The van der Waals surface area contributed by atoms with Crippen molar-refractivity contribution in [3.05, 3.63) is 24.8 Å². The quantitative estimate of drug-likeness (QED) is 0.450. The molecule has 0 fully saturated rings. The Morgan fingerprint density at radius 1 is 1.93 bits per heavy atom. The molecule has 14 heavy (non-hydrogen) atoms. The van der Waals surface area contributed by atoms with Gasteiger partial charge in [0, 0.05) is 0 Å². The predicted molar refractivity (Wildman–Crippen MR) is 54.6 cm³/mol. The Morgan fingerprint density at radius 3 is 3.14 bits per heavy atom. The molecule has 0 amide bonds. The molecule has 0 spiro atoms.